The first kappa shape index (κ1) is 12.7. The van der Waals surface area contributed by atoms with Crippen LogP contribution in [-0.4, -0.2) is 43.1 Å². The van der Waals surface area contributed by atoms with Crippen LogP contribution < -0.4 is 4.90 Å². The molecule has 0 atom stereocenters. The molecule has 0 amide bonds. The van der Waals surface area contributed by atoms with Crippen molar-refractivity contribution < 1.29 is 5.11 Å². The zero-order valence-electron chi connectivity index (χ0n) is 11.3. The van der Waals surface area contributed by atoms with Crippen molar-refractivity contribution in [1.29, 1.82) is 0 Å². The van der Waals surface area contributed by atoms with Crippen LogP contribution in [0.25, 0.3) is 10.2 Å². The molecule has 0 saturated carbocycles. The van der Waals surface area contributed by atoms with Crippen LogP contribution in [0.3, 0.4) is 0 Å². The predicted octanol–water partition coefficient (Wildman–Crippen LogP) is 2.97. The van der Waals surface area contributed by atoms with Gasteiger partial charge in [0.25, 0.3) is 0 Å². The molecule has 1 fully saturated rings. The number of thiazole rings is 1. The number of hydrogen-bond donors (Lipinski definition) is 0. The summed E-state index contributed by atoms with van der Waals surface area (Å²) < 4.78 is 0.784. The molecule has 1 aromatic heterocycles. The van der Waals surface area contributed by atoms with E-state index in [-0.39, 0.29) is 5.75 Å². The van der Waals surface area contributed by atoms with E-state index in [0.717, 1.165) is 41.3 Å². The van der Waals surface area contributed by atoms with Crippen LogP contribution in [-0.2, 0) is 5.11 Å². The van der Waals surface area contributed by atoms with E-state index in [1.165, 1.54) is 11.3 Å². The smallest absolute Gasteiger partial charge is 0.198 e. The summed E-state index contributed by atoms with van der Waals surface area (Å²) in [7, 11) is 4.28. The van der Waals surface area contributed by atoms with Gasteiger partial charge >= 0.3 is 0 Å². The molecule has 1 saturated heterocycles. The number of rotatable bonds is 2. The molecule has 4 nitrogen and oxygen atoms in total. The van der Waals surface area contributed by atoms with E-state index in [1.54, 1.807) is 12.1 Å². The van der Waals surface area contributed by atoms with Gasteiger partial charge in [-0.15, -0.1) is 0 Å². The largest absolute Gasteiger partial charge is 0.348 e. The Kier molecular flexibility index (Phi) is 3.33. The lowest BCUT2D eigenvalue weighted by atomic mass is 10.0. The Balaban J connectivity index is 1.80. The highest BCUT2D eigenvalue weighted by molar-refractivity contribution is 7.22. The highest BCUT2D eigenvalue weighted by Crippen LogP contribution is 2.35. The third-order valence-corrected chi connectivity index (χ3v) is 4.98. The van der Waals surface area contributed by atoms with Crippen molar-refractivity contribution in [2.24, 2.45) is 0 Å². The summed E-state index contributed by atoms with van der Waals surface area (Å²) >= 11 is 1.53. The number of aromatic nitrogens is 1. The summed E-state index contributed by atoms with van der Waals surface area (Å²) in [6.45, 7) is 2.05. The zero-order valence-corrected chi connectivity index (χ0v) is 12.1. The van der Waals surface area contributed by atoms with Crippen LogP contribution in [0.4, 0.5) is 5.13 Å². The lowest BCUT2D eigenvalue weighted by Gasteiger charge is -2.34. The Morgan fingerprint density at radius 1 is 1.32 bits per heavy atom. The molecule has 0 unspecified atom stereocenters. The molecule has 101 valence electrons. The van der Waals surface area contributed by atoms with Crippen LogP contribution in [0.15, 0.2) is 18.2 Å². The second-order valence-electron chi connectivity index (χ2n) is 5.28. The van der Waals surface area contributed by atoms with Crippen LogP contribution in [0.1, 0.15) is 12.8 Å². The van der Waals surface area contributed by atoms with E-state index in [1.807, 2.05) is 6.07 Å². The molecule has 0 bridgehead atoms. The summed E-state index contributed by atoms with van der Waals surface area (Å²) in [6, 6.07) is 5.99. The Labute approximate surface area is 117 Å². The Morgan fingerprint density at radius 2 is 2.05 bits per heavy atom. The van der Waals surface area contributed by atoms with Crippen molar-refractivity contribution in [3.63, 3.8) is 0 Å². The Bertz CT molecular complexity index is 573. The molecule has 3 rings (SSSR count). The third-order valence-electron chi connectivity index (χ3n) is 3.83. The number of nitrogens with zero attached hydrogens (tertiary/aromatic N) is 3. The molecule has 1 aromatic carbocycles. The van der Waals surface area contributed by atoms with Crippen molar-refractivity contribution in [1.82, 2.24) is 9.88 Å². The first-order valence-corrected chi connectivity index (χ1v) is 7.45. The summed E-state index contributed by atoms with van der Waals surface area (Å²) in [5.41, 5.74) is 0.835. The minimum atomic E-state index is 0.0874. The van der Waals surface area contributed by atoms with Crippen molar-refractivity contribution in [3.05, 3.63) is 18.2 Å². The number of hydrogen-bond acceptors (Lipinski definition) is 4. The topological polar surface area (TPSA) is 39.3 Å². The van der Waals surface area contributed by atoms with Crippen LogP contribution in [0.5, 0.6) is 5.75 Å². The van der Waals surface area contributed by atoms with Gasteiger partial charge in [0.1, 0.15) is 4.70 Å². The Hall–Kier alpha value is -1.33. The van der Waals surface area contributed by atoms with Gasteiger partial charge in [-0.2, -0.15) is 0 Å². The van der Waals surface area contributed by atoms with Gasteiger partial charge in [-0.25, -0.2) is 4.98 Å². The van der Waals surface area contributed by atoms with E-state index in [0.29, 0.717) is 6.04 Å². The van der Waals surface area contributed by atoms with Gasteiger partial charge in [0.2, 0.25) is 0 Å². The highest BCUT2D eigenvalue weighted by atomic mass is 32.1. The average Bonchev–Trinajstić information content (AvgIpc) is 2.84. The standard InChI is InChI=1S/C14H18N3OS/c1-16(2)10-6-8-17(9-7-10)14-15-11-4-3-5-12(18)13(11)19-14/h3-5,10H,6-9H2,1-2H3. The fraction of sp³-hybridized carbons (Fsp3) is 0.500. The molecule has 1 radical (unpaired) electrons. The van der Waals surface area contributed by atoms with Gasteiger partial charge in [0, 0.05) is 19.1 Å². The maximum absolute atomic E-state index is 11.8. The Morgan fingerprint density at radius 3 is 2.68 bits per heavy atom. The van der Waals surface area contributed by atoms with Gasteiger partial charge in [-0.05, 0) is 39.1 Å². The number of anilines is 1. The highest BCUT2D eigenvalue weighted by Gasteiger charge is 2.23. The molecule has 1 aliphatic rings. The zero-order chi connectivity index (χ0) is 13.4. The number of fused-ring (bicyclic) bond motifs is 1. The summed E-state index contributed by atoms with van der Waals surface area (Å²) in [6.07, 6.45) is 2.32. The summed E-state index contributed by atoms with van der Waals surface area (Å²) in [5, 5.41) is 12.8. The van der Waals surface area contributed by atoms with E-state index >= 15 is 0 Å². The van der Waals surface area contributed by atoms with E-state index in [9.17, 15) is 5.11 Å². The van der Waals surface area contributed by atoms with Gasteiger partial charge in [-0.3, -0.25) is 5.11 Å². The lowest BCUT2D eigenvalue weighted by molar-refractivity contribution is 0.249. The average molecular weight is 276 g/mol. The molecule has 2 heterocycles. The van der Waals surface area contributed by atoms with Crippen molar-refractivity contribution in [2.45, 2.75) is 18.9 Å². The molecule has 1 aliphatic heterocycles. The molecule has 0 spiro atoms. The molecule has 0 aliphatic carbocycles. The fourth-order valence-electron chi connectivity index (χ4n) is 2.62. The monoisotopic (exact) mass is 276 g/mol. The maximum Gasteiger partial charge on any atom is 0.198 e. The van der Waals surface area contributed by atoms with Crippen LogP contribution >= 0.6 is 11.3 Å². The minimum Gasteiger partial charge on any atom is -0.348 e. The van der Waals surface area contributed by atoms with E-state index in [2.05, 4.69) is 28.9 Å². The maximum atomic E-state index is 11.8. The first-order valence-electron chi connectivity index (χ1n) is 6.63. The fourth-order valence-corrected chi connectivity index (χ4v) is 3.65. The molecular weight excluding hydrogens is 258 g/mol. The van der Waals surface area contributed by atoms with Crippen molar-refractivity contribution in [3.8, 4) is 5.75 Å². The SMILES string of the molecule is CN(C)C1CCN(c2nc3cccc([O])c3s2)CC1. The summed E-state index contributed by atoms with van der Waals surface area (Å²) in [5.74, 6) is 0.0874. The van der Waals surface area contributed by atoms with Gasteiger partial charge in [0.05, 0.1) is 5.52 Å². The van der Waals surface area contributed by atoms with Gasteiger partial charge < -0.3 is 9.80 Å². The van der Waals surface area contributed by atoms with E-state index in [4.69, 9.17) is 0 Å². The third kappa shape index (κ3) is 2.40. The van der Waals surface area contributed by atoms with Gasteiger partial charge in [-0.1, -0.05) is 17.4 Å². The predicted molar refractivity (Wildman–Crippen MR) is 78.7 cm³/mol. The van der Waals surface area contributed by atoms with Crippen molar-refractivity contribution in [2.75, 3.05) is 32.1 Å². The van der Waals surface area contributed by atoms with Crippen molar-refractivity contribution >= 4 is 26.7 Å². The summed E-state index contributed by atoms with van der Waals surface area (Å²) in [4.78, 5) is 9.20. The minimum absolute atomic E-state index is 0.0874. The molecular formula is C14H18N3OS. The first-order chi connectivity index (χ1) is 9.15. The number of piperidine rings is 1. The second-order valence-corrected chi connectivity index (χ2v) is 6.26. The number of benzene rings is 1. The molecule has 5 heteroatoms. The molecule has 2 aromatic rings. The normalized spacial score (nSPS) is 17.5. The quantitative estimate of drug-likeness (QED) is 0.846. The van der Waals surface area contributed by atoms with E-state index < -0.39 is 0 Å². The second kappa shape index (κ2) is 4.98. The molecule has 19 heavy (non-hydrogen) atoms. The van der Waals surface area contributed by atoms with Crippen LogP contribution in [0.2, 0.25) is 0 Å². The lowest BCUT2D eigenvalue weighted by Crippen LogP contribution is -2.41. The molecule has 0 N–H and O–H groups in total. The van der Waals surface area contributed by atoms with Crippen LogP contribution in [0, 0.1) is 0 Å². The van der Waals surface area contributed by atoms with Gasteiger partial charge in [0.15, 0.2) is 10.9 Å².